The molecule has 0 aliphatic carbocycles. The van der Waals surface area contributed by atoms with E-state index in [9.17, 15) is 19.7 Å². The first-order valence-corrected chi connectivity index (χ1v) is 6.78. The third kappa shape index (κ3) is 5.60. The standard InChI is InChI=1S/C8H10N4O3.C5H10O2/c13-8-4-9-2-1-7(8)11-5-6(3-10-11)12(14)15;1-5(2,3)7-4-6/h3,5,7,9H,1-2,4H2;4H,1-3H3. The van der Waals surface area contributed by atoms with E-state index in [0.717, 1.165) is 12.7 Å². The predicted molar refractivity (Wildman–Crippen MR) is 77.3 cm³/mol. The van der Waals surface area contributed by atoms with Crippen molar-refractivity contribution in [3.8, 4) is 0 Å². The number of nitrogens with zero attached hydrogens (tertiary/aromatic N) is 3. The van der Waals surface area contributed by atoms with Crippen LogP contribution in [-0.2, 0) is 14.3 Å². The van der Waals surface area contributed by atoms with E-state index in [0.29, 0.717) is 19.4 Å². The van der Waals surface area contributed by atoms with Gasteiger partial charge in [-0.3, -0.25) is 24.4 Å². The Morgan fingerprint density at radius 2 is 2.23 bits per heavy atom. The van der Waals surface area contributed by atoms with Crippen LogP contribution in [0.1, 0.15) is 33.2 Å². The van der Waals surface area contributed by atoms with Gasteiger partial charge in [0.1, 0.15) is 24.0 Å². The lowest BCUT2D eigenvalue weighted by atomic mass is 10.1. The van der Waals surface area contributed by atoms with Gasteiger partial charge >= 0.3 is 5.69 Å². The summed E-state index contributed by atoms with van der Waals surface area (Å²) in [6.45, 7) is 6.95. The highest BCUT2D eigenvalue weighted by molar-refractivity contribution is 5.85. The van der Waals surface area contributed by atoms with E-state index in [1.54, 1.807) is 0 Å². The van der Waals surface area contributed by atoms with Crippen LogP contribution in [0.5, 0.6) is 0 Å². The number of hydrogen-bond acceptors (Lipinski definition) is 7. The number of ether oxygens (including phenoxy) is 1. The maximum atomic E-state index is 11.5. The molecule has 0 amide bonds. The molecule has 1 atom stereocenters. The lowest BCUT2D eigenvalue weighted by Gasteiger charge is -2.21. The zero-order valence-corrected chi connectivity index (χ0v) is 12.8. The largest absolute Gasteiger partial charge is 0.462 e. The molecule has 2 rings (SSSR count). The number of hydrogen-bond donors (Lipinski definition) is 1. The molecule has 1 aliphatic rings. The summed E-state index contributed by atoms with van der Waals surface area (Å²) in [5.74, 6) is 0.0132. The minimum absolute atomic E-state index is 0.0132. The van der Waals surface area contributed by atoms with Crippen LogP contribution < -0.4 is 5.32 Å². The minimum atomic E-state index is -0.519. The van der Waals surface area contributed by atoms with Crippen molar-refractivity contribution < 1.29 is 19.2 Å². The van der Waals surface area contributed by atoms with Crippen LogP contribution in [0.15, 0.2) is 12.4 Å². The highest BCUT2D eigenvalue weighted by atomic mass is 16.6. The topological polar surface area (TPSA) is 116 Å². The van der Waals surface area contributed by atoms with Gasteiger partial charge in [0.2, 0.25) is 0 Å². The van der Waals surface area contributed by atoms with Crippen LogP contribution in [-0.4, -0.2) is 45.6 Å². The molecular weight excluding hydrogens is 292 g/mol. The van der Waals surface area contributed by atoms with Crippen molar-refractivity contribution in [2.75, 3.05) is 13.1 Å². The van der Waals surface area contributed by atoms with Crippen LogP contribution in [0.3, 0.4) is 0 Å². The zero-order valence-electron chi connectivity index (χ0n) is 12.8. The second-order valence-electron chi connectivity index (χ2n) is 5.71. The van der Waals surface area contributed by atoms with Gasteiger partial charge in [-0.1, -0.05) is 0 Å². The molecule has 0 aromatic carbocycles. The second kappa shape index (κ2) is 7.64. The second-order valence-corrected chi connectivity index (χ2v) is 5.71. The van der Waals surface area contributed by atoms with E-state index >= 15 is 0 Å². The molecule has 1 saturated heterocycles. The van der Waals surface area contributed by atoms with Crippen LogP contribution in [0.2, 0.25) is 0 Å². The average molecular weight is 312 g/mol. The van der Waals surface area contributed by atoms with Gasteiger partial charge in [-0.2, -0.15) is 5.10 Å². The quantitative estimate of drug-likeness (QED) is 0.499. The number of carbonyl (C=O) groups is 2. The van der Waals surface area contributed by atoms with Crippen molar-refractivity contribution in [2.45, 2.75) is 38.8 Å². The Balaban J connectivity index is 0.000000295. The minimum Gasteiger partial charge on any atom is -0.462 e. The van der Waals surface area contributed by atoms with Gasteiger partial charge in [-0.15, -0.1) is 0 Å². The van der Waals surface area contributed by atoms with Gasteiger partial charge in [0.05, 0.1) is 11.5 Å². The Morgan fingerprint density at radius 1 is 1.55 bits per heavy atom. The van der Waals surface area contributed by atoms with Gasteiger partial charge in [0.15, 0.2) is 5.78 Å². The fraction of sp³-hybridized carbons (Fsp3) is 0.615. The predicted octanol–water partition coefficient (Wildman–Crippen LogP) is 0.853. The van der Waals surface area contributed by atoms with Crippen LogP contribution >= 0.6 is 0 Å². The maximum Gasteiger partial charge on any atom is 0.307 e. The van der Waals surface area contributed by atoms with Crippen molar-refractivity contribution >= 4 is 17.9 Å². The molecule has 2 heterocycles. The summed E-state index contributed by atoms with van der Waals surface area (Å²) in [7, 11) is 0. The summed E-state index contributed by atoms with van der Waals surface area (Å²) < 4.78 is 5.92. The third-order valence-corrected chi connectivity index (χ3v) is 2.79. The van der Waals surface area contributed by atoms with E-state index in [1.165, 1.54) is 10.9 Å². The summed E-state index contributed by atoms with van der Waals surface area (Å²) in [5.41, 5.74) is -0.400. The normalized spacial score (nSPS) is 18.1. The molecule has 0 spiro atoms. The Kier molecular flexibility index (Phi) is 6.17. The molecule has 1 aromatic heterocycles. The Hall–Kier alpha value is -2.29. The van der Waals surface area contributed by atoms with Gasteiger partial charge < -0.3 is 10.1 Å². The van der Waals surface area contributed by atoms with Crippen LogP contribution in [0.25, 0.3) is 0 Å². The number of ketones is 1. The first-order valence-electron chi connectivity index (χ1n) is 6.78. The molecular formula is C13H20N4O5. The molecule has 1 fully saturated rings. The molecule has 0 bridgehead atoms. The van der Waals surface area contributed by atoms with Crippen molar-refractivity contribution in [3.63, 3.8) is 0 Å². The van der Waals surface area contributed by atoms with Gasteiger partial charge in [-0.25, -0.2) is 0 Å². The fourth-order valence-electron chi connectivity index (χ4n) is 1.75. The van der Waals surface area contributed by atoms with Crippen molar-refractivity contribution in [1.29, 1.82) is 0 Å². The number of nitro groups is 1. The molecule has 1 aliphatic heterocycles. The molecule has 122 valence electrons. The molecule has 9 heteroatoms. The molecule has 9 nitrogen and oxygen atoms in total. The molecule has 22 heavy (non-hydrogen) atoms. The molecule has 1 aromatic rings. The summed E-state index contributed by atoms with van der Waals surface area (Å²) in [6.07, 6.45) is 3.08. The molecule has 1 unspecified atom stereocenters. The van der Waals surface area contributed by atoms with Gasteiger partial charge in [0, 0.05) is 0 Å². The van der Waals surface area contributed by atoms with Gasteiger partial charge in [-0.05, 0) is 33.7 Å². The van der Waals surface area contributed by atoms with Crippen LogP contribution in [0, 0.1) is 10.1 Å². The van der Waals surface area contributed by atoms with E-state index in [2.05, 4.69) is 15.2 Å². The number of carbonyl (C=O) groups excluding carboxylic acids is 2. The highest BCUT2D eigenvalue weighted by Gasteiger charge is 2.25. The monoisotopic (exact) mass is 312 g/mol. The van der Waals surface area contributed by atoms with E-state index in [1.807, 2.05) is 20.8 Å². The van der Waals surface area contributed by atoms with Crippen molar-refractivity contribution in [2.24, 2.45) is 0 Å². The smallest absolute Gasteiger partial charge is 0.307 e. The summed E-state index contributed by atoms with van der Waals surface area (Å²) in [5, 5.41) is 17.2. The zero-order chi connectivity index (χ0) is 16.8. The molecule has 0 radical (unpaired) electrons. The Morgan fingerprint density at radius 3 is 2.64 bits per heavy atom. The number of nitrogens with one attached hydrogen (secondary N) is 1. The number of piperidine rings is 1. The summed E-state index contributed by atoms with van der Waals surface area (Å²) in [6, 6.07) is -0.361. The first kappa shape index (κ1) is 17.8. The van der Waals surface area contributed by atoms with E-state index in [-0.39, 0.29) is 23.1 Å². The lowest BCUT2D eigenvalue weighted by molar-refractivity contribution is -0.385. The molecule has 1 N–H and O–H groups in total. The Labute approximate surface area is 127 Å². The SMILES string of the molecule is CC(C)(C)OC=O.O=C1CNCCC1n1cc([N+](=O)[O-])cn1. The number of aromatic nitrogens is 2. The maximum absolute atomic E-state index is 11.5. The number of rotatable bonds is 3. The van der Waals surface area contributed by atoms with E-state index in [4.69, 9.17) is 0 Å². The van der Waals surface area contributed by atoms with Crippen LogP contribution in [0.4, 0.5) is 5.69 Å². The van der Waals surface area contributed by atoms with Crippen molar-refractivity contribution in [3.05, 3.63) is 22.5 Å². The van der Waals surface area contributed by atoms with E-state index < -0.39 is 4.92 Å². The number of Topliss-reactive ketones (excluding diaryl/α,β-unsaturated/α-hetero) is 1. The summed E-state index contributed by atoms with van der Waals surface area (Å²) >= 11 is 0. The third-order valence-electron chi connectivity index (χ3n) is 2.79. The first-order chi connectivity index (χ1) is 10.2. The highest BCUT2D eigenvalue weighted by Crippen LogP contribution is 2.18. The molecule has 0 saturated carbocycles. The lowest BCUT2D eigenvalue weighted by Crippen LogP contribution is -2.38. The average Bonchev–Trinajstić information content (AvgIpc) is 2.88. The fourth-order valence-corrected chi connectivity index (χ4v) is 1.75. The van der Waals surface area contributed by atoms with Gasteiger partial charge in [0.25, 0.3) is 6.47 Å². The summed E-state index contributed by atoms with van der Waals surface area (Å²) in [4.78, 5) is 31.0. The van der Waals surface area contributed by atoms with Crippen molar-refractivity contribution in [1.82, 2.24) is 15.1 Å². The Bertz CT molecular complexity index is 535.